The van der Waals surface area contributed by atoms with Crippen LogP contribution >= 0.6 is 27.5 Å². The Morgan fingerprint density at radius 1 is 1.25 bits per heavy atom. The second-order valence-electron chi connectivity index (χ2n) is 4.63. The second-order valence-corrected chi connectivity index (χ2v) is 5.95. The summed E-state index contributed by atoms with van der Waals surface area (Å²) in [7, 11) is 1.96. The van der Waals surface area contributed by atoms with E-state index in [2.05, 4.69) is 27.8 Å². The van der Waals surface area contributed by atoms with Gasteiger partial charge in [-0.15, -0.1) is 0 Å². The van der Waals surface area contributed by atoms with Crippen molar-refractivity contribution in [2.75, 3.05) is 11.9 Å². The predicted octanol–water partition coefficient (Wildman–Crippen LogP) is 5.11. The Morgan fingerprint density at radius 3 is 2.60 bits per heavy atom. The third kappa shape index (κ3) is 3.05. The Morgan fingerprint density at radius 2 is 1.95 bits per heavy atom. The molecule has 0 saturated carbocycles. The van der Waals surface area contributed by atoms with E-state index in [4.69, 9.17) is 11.6 Å². The number of carbonyl (C=O) groups excluding carboxylic acids is 1. The van der Waals surface area contributed by atoms with Gasteiger partial charge >= 0.3 is 0 Å². The normalized spacial score (nSPS) is 12.0. The van der Waals surface area contributed by atoms with E-state index in [9.17, 15) is 4.79 Å². The summed E-state index contributed by atoms with van der Waals surface area (Å²) in [5.74, 6) is 0. The second kappa shape index (κ2) is 6.42. The zero-order valence-corrected chi connectivity index (χ0v) is 13.6. The van der Waals surface area contributed by atoms with Crippen LogP contribution in [0.2, 0.25) is 5.02 Å². The van der Waals surface area contributed by atoms with E-state index >= 15 is 0 Å². The molecule has 0 spiro atoms. The minimum absolute atomic E-state index is 0.0728. The van der Waals surface area contributed by atoms with E-state index in [0.717, 1.165) is 27.0 Å². The van der Waals surface area contributed by atoms with E-state index in [-0.39, 0.29) is 6.04 Å². The Bertz CT molecular complexity index is 630. The van der Waals surface area contributed by atoms with Crippen LogP contribution in [0.4, 0.5) is 5.69 Å². The fourth-order valence-corrected chi connectivity index (χ4v) is 2.84. The zero-order chi connectivity index (χ0) is 14.7. The lowest BCUT2D eigenvalue weighted by Crippen LogP contribution is -2.23. The molecule has 2 aromatic carbocycles. The molecule has 2 aromatic rings. The number of anilines is 1. The van der Waals surface area contributed by atoms with Crippen LogP contribution in [0.25, 0.3) is 0 Å². The Labute approximate surface area is 132 Å². The third-order valence-corrected chi connectivity index (χ3v) is 4.27. The van der Waals surface area contributed by atoms with Crippen LogP contribution in [0.3, 0.4) is 0 Å². The number of nitrogens with zero attached hydrogens (tertiary/aromatic N) is 1. The van der Waals surface area contributed by atoms with Gasteiger partial charge in [-0.25, -0.2) is 0 Å². The van der Waals surface area contributed by atoms with Gasteiger partial charge < -0.3 is 4.90 Å². The number of rotatable bonds is 4. The number of carbonyl (C=O) groups is 1. The van der Waals surface area contributed by atoms with Crippen molar-refractivity contribution >= 4 is 39.5 Å². The van der Waals surface area contributed by atoms with Crippen molar-refractivity contribution in [3.05, 3.63) is 63.1 Å². The molecule has 0 amide bonds. The molecule has 104 valence electrons. The van der Waals surface area contributed by atoms with E-state index in [0.29, 0.717) is 5.56 Å². The average molecular weight is 353 g/mol. The highest BCUT2D eigenvalue weighted by molar-refractivity contribution is 9.10. The van der Waals surface area contributed by atoms with Crippen LogP contribution in [0.1, 0.15) is 28.9 Å². The fraction of sp³-hybridized carbons (Fsp3) is 0.188. The highest BCUT2D eigenvalue weighted by Crippen LogP contribution is 2.32. The maximum atomic E-state index is 11.2. The molecule has 0 bridgehead atoms. The van der Waals surface area contributed by atoms with Crippen LogP contribution < -0.4 is 4.90 Å². The molecule has 1 atom stereocenters. The lowest BCUT2D eigenvalue weighted by molar-refractivity contribution is 0.112. The molecule has 0 aromatic heterocycles. The molecule has 0 aliphatic heterocycles. The van der Waals surface area contributed by atoms with E-state index < -0.39 is 0 Å². The van der Waals surface area contributed by atoms with Crippen molar-refractivity contribution in [1.29, 1.82) is 0 Å². The number of halogens is 2. The van der Waals surface area contributed by atoms with Gasteiger partial charge in [0.25, 0.3) is 0 Å². The lowest BCUT2D eigenvalue weighted by atomic mass is 10.1. The van der Waals surface area contributed by atoms with Crippen LogP contribution in [0, 0.1) is 0 Å². The number of aldehydes is 1. The highest BCUT2D eigenvalue weighted by Gasteiger charge is 2.17. The summed E-state index contributed by atoms with van der Waals surface area (Å²) in [5, 5.41) is 0.733. The Balaban J connectivity index is 2.39. The summed E-state index contributed by atoms with van der Waals surface area (Å²) in [6.45, 7) is 2.07. The quantitative estimate of drug-likeness (QED) is 0.712. The van der Waals surface area contributed by atoms with Gasteiger partial charge in [-0.3, -0.25) is 4.79 Å². The summed E-state index contributed by atoms with van der Waals surface area (Å²) < 4.78 is 0.891. The largest absolute Gasteiger partial charge is 0.367 e. The van der Waals surface area contributed by atoms with Gasteiger partial charge in [0, 0.05) is 27.8 Å². The van der Waals surface area contributed by atoms with E-state index in [1.807, 2.05) is 49.5 Å². The van der Waals surface area contributed by atoms with Gasteiger partial charge in [0.2, 0.25) is 0 Å². The highest BCUT2D eigenvalue weighted by atomic mass is 79.9. The van der Waals surface area contributed by atoms with Crippen LogP contribution in [-0.2, 0) is 0 Å². The SMILES string of the molecule is CC(c1ccccc1Cl)N(C)c1ccc(Br)cc1C=O. The molecule has 0 heterocycles. The lowest BCUT2D eigenvalue weighted by Gasteiger charge is -2.29. The summed E-state index contributed by atoms with van der Waals surface area (Å²) in [5.41, 5.74) is 2.58. The van der Waals surface area contributed by atoms with Crippen LogP contribution in [0.5, 0.6) is 0 Å². The number of hydrogen-bond donors (Lipinski definition) is 0. The molecule has 20 heavy (non-hydrogen) atoms. The summed E-state index contributed by atoms with van der Waals surface area (Å²) in [6, 6.07) is 13.5. The first-order valence-corrected chi connectivity index (χ1v) is 7.43. The van der Waals surface area contributed by atoms with Gasteiger partial charge in [-0.2, -0.15) is 0 Å². The van der Waals surface area contributed by atoms with Crippen molar-refractivity contribution < 1.29 is 4.79 Å². The molecule has 4 heteroatoms. The molecule has 0 N–H and O–H groups in total. The monoisotopic (exact) mass is 351 g/mol. The first kappa shape index (κ1) is 15.1. The van der Waals surface area contributed by atoms with E-state index in [1.54, 1.807) is 0 Å². The first-order chi connectivity index (χ1) is 9.54. The summed E-state index contributed by atoms with van der Waals surface area (Å²) >= 11 is 9.63. The predicted molar refractivity (Wildman–Crippen MR) is 87.8 cm³/mol. The van der Waals surface area contributed by atoms with Crippen LogP contribution in [0.15, 0.2) is 46.9 Å². The van der Waals surface area contributed by atoms with E-state index in [1.165, 1.54) is 0 Å². The van der Waals surface area contributed by atoms with Crippen molar-refractivity contribution in [2.45, 2.75) is 13.0 Å². The topological polar surface area (TPSA) is 20.3 Å². The van der Waals surface area contributed by atoms with Crippen molar-refractivity contribution in [3.63, 3.8) is 0 Å². The zero-order valence-electron chi connectivity index (χ0n) is 11.3. The third-order valence-electron chi connectivity index (χ3n) is 3.43. The molecular weight excluding hydrogens is 338 g/mol. The molecule has 0 saturated heterocycles. The molecular formula is C16H15BrClNO. The van der Waals surface area contributed by atoms with Gasteiger partial charge in [0.15, 0.2) is 6.29 Å². The maximum absolute atomic E-state index is 11.2. The Kier molecular flexibility index (Phi) is 4.84. The van der Waals surface area contributed by atoms with Gasteiger partial charge in [0.1, 0.15) is 0 Å². The first-order valence-electron chi connectivity index (χ1n) is 6.26. The summed E-state index contributed by atoms with van der Waals surface area (Å²) in [4.78, 5) is 13.3. The maximum Gasteiger partial charge on any atom is 0.152 e. The van der Waals surface area contributed by atoms with Crippen molar-refractivity contribution in [1.82, 2.24) is 0 Å². The van der Waals surface area contributed by atoms with Gasteiger partial charge in [-0.05, 0) is 36.8 Å². The molecule has 2 rings (SSSR count). The molecule has 0 aliphatic carbocycles. The van der Waals surface area contributed by atoms with Gasteiger partial charge in [-0.1, -0.05) is 45.7 Å². The standard InChI is InChI=1S/C16H15BrClNO/c1-11(14-5-3-4-6-15(14)18)19(2)16-8-7-13(17)9-12(16)10-20/h3-11H,1-2H3. The molecule has 1 unspecified atom stereocenters. The fourth-order valence-electron chi connectivity index (χ4n) is 2.17. The number of benzene rings is 2. The smallest absolute Gasteiger partial charge is 0.152 e. The van der Waals surface area contributed by atoms with Crippen molar-refractivity contribution in [3.8, 4) is 0 Å². The molecule has 0 fully saturated rings. The Hall–Kier alpha value is -1.32. The van der Waals surface area contributed by atoms with Gasteiger partial charge in [0.05, 0.1) is 6.04 Å². The number of hydrogen-bond acceptors (Lipinski definition) is 2. The molecule has 0 radical (unpaired) electrons. The molecule has 2 nitrogen and oxygen atoms in total. The van der Waals surface area contributed by atoms with Crippen molar-refractivity contribution in [2.24, 2.45) is 0 Å². The summed E-state index contributed by atoms with van der Waals surface area (Å²) in [6.07, 6.45) is 0.871. The minimum atomic E-state index is 0.0728. The average Bonchev–Trinajstić information content (AvgIpc) is 2.46. The van der Waals surface area contributed by atoms with Crippen LogP contribution in [-0.4, -0.2) is 13.3 Å². The molecule has 0 aliphatic rings. The minimum Gasteiger partial charge on any atom is -0.367 e.